The molecule has 30 heavy (non-hydrogen) atoms. The lowest BCUT2D eigenvalue weighted by Gasteiger charge is -2.28. The van der Waals surface area contributed by atoms with Crippen LogP contribution in [0.25, 0.3) is 10.2 Å². The minimum absolute atomic E-state index is 0.00630. The predicted molar refractivity (Wildman–Crippen MR) is 120 cm³/mol. The van der Waals surface area contributed by atoms with E-state index >= 15 is 0 Å². The van der Waals surface area contributed by atoms with E-state index in [9.17, 15) is 9.59 Å². The molecule has 0 bridgehead atoms. The second kappa shape index (κ2) is 9.49. The van der Waals surface area contributed by atoms with Crippen LogP contribution in [0.2, 0.25) is 0 Å². The van der Waals surface area contributed by atoms with E-state index in [1.165, 1.54) is 14.6 Å². The number of piperidine rings is 1. The van der Waals surface area contributed by atoms with Crippen molar-refractivity contribution >= 4 is 33.2 Å². The maximum atomic E-state index is 12.7. The molecule has 2 heterocycles. The summed E-state index contributed by atoms with van der Waals surface area (Å²) in [6, 6.07) is 17.6. The van der Waals surface area contributed by atoms with Gasteiger partial charge in [-0.1, -0.05) is 42.5 Å². The molecule has 6 heteroatoms. The first kappa shape index (κ1) is 20.7. The summed E-state index contributed by atoms with van der Waals surface area (Å²) in [5.74, 6) is 0.339. The van der Waals surface area contributed by atoms with Gasteiger partial charge in [0.2, 0.25) is 0 Å². The number of rotatable bonds is 7. The molecule has 1 unspecified atom stereocenters. The minimum Gasteiger partial charge on any atom is -0.341 e. The molecule has 1 fully saturated rings. The molecule has 1 aliphatic rings. The van der Waals surface area contributed by atoms with Crippen molar-refractivity contribution < 1.29 is 14.5 Å². The third-order valence-electron chi connectivity index (χ3n) is 5.80. The van der Waals surface area contributed by atoms with Gasteiger partial charge in [0.05, 0.1) is 35.3 Å². The molecule has 1 aliphatic heterocycles. The number of carbonyl (C=O) groups is 2. The number of thiazole rings is 1. The summed E-state index contributed by atoms with van der Waals surface area (Å²) < 4.78 is 1.22. The molecule has 2 N–H and O–H groups in total. The van der Waals surface area contributed by atoms with Gasteiger partial charge in [0, 0.05) is 0 Å². The minimum atomic E-state index is -0.468. The number of amides is 1. The molecule has 1 saturated heterocycles. The summed E-state index contributed by atoms with van der Waals surface area (Å²) >= 11 is 1.77. The zero-order chi connectivity index (χ0) is 20.9. The zero-order valence-corrected chi connectivity index (χ0v) is 18.1. The topological polar surface area (TPSA) is 63.5 Å². The van der Waals surface area contributed by atoms with Crippen molar-refractivity contribution in [2.24, 2.45) is 0 Å². The van der Waals surface area contributed by atoms with Crippen LogP contribution in [0.15, 0.2) is 54.6 Å². The molecule has 1 aromatic heterocycles. The predicted octanol–water partition coefficient (Wildman–Crippen LogP) is 2.38. The number of likely N-dealkylation sites (tertiary alicyclic amines) is 1. The Morgan fingerprint density at radius 1 is 1.17 bits per heavy atom. The highest BCUT2D eigenvalue weighted by Crippen LogP contribution is 2.30. The van der Waals surface area contributed by atoms with Crippen LogP contribution in [-0.4, -0.2) is 42.4 Å². The molecular formula is C24H28N3O2S+. The summed E-state index contributed by atoms with van der Waals surface area (Å²) in [4.78, 5) is 30.9. The van der Waals surface area contributed by atoms with E-state index in [0.29, 0.717) is 18.9 Å². The van der Waals surface area contributed by atoms with Crippen molar-refractivity contribution in [3.63, 3.8) is 0 Å². The monoisotopic (exact) mass is 422 g/mol. The van der Waals surface area contributed by atoms with Gasteiger partial charge in [-0.25, -0.2) is 4.98 Å². The molecule has 0 aliphatic carbocycles. The van der Waals surface area contributed by atoms with Gasteiger partial charge in [-0.15, -0.1) is 11.3 Å². The van der Waals surface area contributed by atoms with Crippen LogP contribution in [-0.2, 0) is 16.0 Å². The molecule has 4 rings (SSSR count). The van der Waals surface area contributed by atoms with Gasteiger partial charge >= 0.3 is 0 Å². The number of fused-ring (bicyclic) bond motifs is 1. The molecule has 1 amide bonds. The average molecular weight is 423 g/mol. The number of hydrogen-bond acceptors (Lipinski definition) is 4. The van der Waals surface area contributed by atoms with E-state index in [-0.39, 0.29) is 11.7 Å². The molecule has 156 valence electrons. The van der Waals surface area contributed by atoms with E-state index in [4.69, 9.17) is 4.98 Å². The Labute approximate surface area is 181 Å². The van der Waals surface area contributed by atoms with Gasteiger partial charge in [0.1, 0.15) is 5.01 Å². The van der Waals surface area contributed by atoms with Gasteiger partial charge in [-0.2, -0.15) is 0 Å². The zero-order valence-electron chi connectivity index (χ0n) is 17.3. The number of aromatic nitrogens is 1. The fourth-order valence-electron chi connectivity index (χ4n) is 4.21. The third kappa shape index (κ3) is 5.12. The third-order valence-corrected chi connectivity index (χ3v) is 7.00. The molecule has 2 aromatic carbocycles. The Kier molecular flexibility index (Phi) is 6.55. The lowest BCUT2D eigenvalue weighted by atomic mass is 9.98. The smallest absolute Gasteiger partial charge is 0.275 e. The first-order chi connectivity index (χ1) is 14.6. The SMILES string of the molecule is CC(=O)[C@H](Cc1ccccc1)NC(=O)C[NH+]1CCC[C@H](c2nc3ccccc3s2)C1. The molecule has 5 nitrogen and oxygen atoms in total. The Bertz CT molecular complexity index is 984. The van der Waals surface area contributed by atoms with Crippen LogP contribution < -0.4 is 10.2 Å². The quantitative estimate of drug-likeness (QED) is 0.615. The van der Waals surface area contributed by atoms with E-state index in [1.54, 1.807) is 18.3 Å². The summed E-state index contributed by atoms with van der Waals surface area (Å²) in [7, 11) is 0. The van der Waals surface area contributed by atoms with E-state index in [0.717, 1.165) is 37.0 Å². The van der Waals surface area contributed by atoms with Crippen molar-refractivity contribution in [2.75, 3.05) is 19.6 Å². The van der Waals surface area contributed by atoms with Crippen LogP contribution in [0.1, 0.15) is 36.3 Å². The highest BCUT2D eigenvalue weighted by molar-refractivity contribution is 7.18. The Balaban J connectivity index is 1.35. The number of benzene rings is 2. The lowest BCUT2D eigenvalue weighted by Crippen LogP contribution is -3.14. The van der Waals surface area contributed by atoms with E-state index in [1.807, 2.05) is 42.5 Å². The first-order valence-electron chi connectivity index (χ1n) is 10.6. The average Bonchev–Trinajstić information content (AvgIpc) is 3.18. The maximum absolute atomic E-state index is 12.7. The van der Waals surface area contributed by atoms with E-state index in [2.05, 4.69) is 17.4 Å². The normalized spacial score (nSPS) is 20.0. The largest absolute Gasteiger partial charge is 0.341 e. The Morgan fingerprint density at radius 2 is 1.93 bits per heavy atom. The fourth-order valence-corrected chi connectivity index (χ4v) is 5.31. The van der Waals surface area contributed by atoms with Gasteiger partial charge in [0.25, 0.3) is 5.91 Å². The lowest BCUT2D eigenvalue weighted by molar-refractivity contribution is -0.898. The summed E-state index contributed by atoms with van der Waals surface area (Å²) in [6.45, 7) is 3.85. The van der Waals surface area contributed by atoms with Crippen molar-refractivity contribution in [2.45, 2.75) is 38.1 Å². The number of nitrogens with zero attached hydrogens (tertiary/aromatic N) is 1. The molecule has 0 spiro atoms. The van der Waals surface area contributed by atoms with Gasteiger partial charge in [-0.05, 0) is 43.9 Å². The van der Waals surface area contributed by atoms with Crippen LogP contribution in [0.4, 0.5) is 0 Å². The summed E-state index contributed by atoms with van der Waals surface area (Å²) in [6.07, 6.45) is 2.74. The number of nitrogens with one attached hydrogen (secondary N) is 2. The van der Waals surface area contributed by atoms with Gasteiger partial charge in [-0.3, -0.25) is 9.59 Å². The molecular weight excluding hydrogens is 394 g/mol. The van der Waals surface area contributed by atoms with Crippen molar-refractivity contribution in [3.8, 4) is 0 Å². The molecule has 3 aromatic rings. The molecule has 0 saturated carbocycles. The number of hydrogen-bond donors (Lipinski definition) is 2. The second-order valence-corrected chi connectivity index (χ2v) is 9.22. The summed E-state index contributed by atoms with van der Waals surface area (Å²) in [5, 5.41) is 4.15. The standard InChI is InChI=1S/C24H27N3O2S/c1-17(28)21(14-18-8-3-2-4-9-18)25-23(29)16-27-13-7-10-19(15-27)24-26-20-11-5-6-12-22(20)30-24/h2-6,8-9,11-12,19,21H,7,10,13-16H2,1H3,(H,25,29)/p+1/t19-,21-/m0/s1. The highest BCUT2D eigenvalue weighted by atomic mass is 32.1. The first-order valence-corrected chi connectivity index (χ1v) is 11.4. The van der Waals surface area contributed by atoms with Crippen LogP contribution in [0.3, 0.4) is 0 Å². The van der Waals surface area contributed by atoms with Crippen LogP contribution in [0, 0.1) is 0 Å². The fraction of sp³-hybridized carbons (Fsp3) is 0.375. The second-order valence-electron chi connectivity index (χ2n) is 8.16. The Morgan fingerprint density at radius 3 is 2.70 bits per heavy atom. The highest BCUT2D eigenvalue weighted by Gasteiger charge is 2.29. The van der Waals surface area contributed by atoms with E-state index < -0.39 is 6.04 Å². The number of Topliss-reactive ketones (excluding diaryl/α,β-unsaturated/α-hetero) is 1. The number of quaternary nitrogens is 1. The van der Waals surface area contributed by atoms with Gasteiger partial charge in [0.15, 0.2) is 12.3 Å². The molecule has 3 atom stereocenters. The van der Waals surface area contributed by atoms with Crippen molar-refractivity contribution in [3.05, 3.63) is 65.2 Å². The number of para-hydroxylation sites is 1. The van der Waals surface area contributed by atoms with Crippen molar-refractivity contribution in [1.82, 2.24) is 10.3 Å². The summed E-state index contributed by atoms with van der Waals surface area (Å²) in [5.41, 5.74) is 2.12. The Hall–Kier alpha value is -2.57. The van der Waals surface area contributed by atoms with Crippen molar-refractivity contribution in [1.29, 1.82) is 0 Å². The van der Waals surface area contributed by atoms with Crippen LogP contribution >= 0.6 is 11.3 Å². The maximum Gasteiger partial charge on any atom is 0.275 e. The number of carbonyl (C=O) groups excluding carboxylic acids is 2. The number of ketones is 1. The van der Waals surface area contributed by atoms with Gasteiger partial charge < -0.3 is 10.2 Å². The van der Waals surface area contributed by atoms with Crippen LogP contribution in [0.5, 0.6) is 0 Å². The molecule has 0 radical (unpaired) electrons.